The average molecular weight is 549 g/mol. The van der Waals surface area contributed by atoms with Crippen LogP contribution in [0.5, 0.6) is 0 Å². The van der Waals surface area contributed by atoms with Gasteiger partial charge in [0.1, 0.15) is 23.3 Å². The lowest BCUT2D eigenvalue weighted by molar-refractivity contribution is 0.102. The van der Waals surface area contributed by atoms with Crippen LogP contribution < -0.4 is 16.0 Å². The fourth-order valence-electron chi connectivity index (χ4n) is 3.48. The molecular weight excluding hydrogens is 523 g/mol. The second kappa shape index (κ2) is 14.6. The number of carbonyl (C=O) groups excluding carboxylic acids is 1. The highest BCUT2D eigenvalue weighted by Gasteiger charge is 2.25. The third kappa shape index (κ3) is 7.07. The van der Waals surface area contributed by atoms with E-state index in [9.17, 15) is 18.0 Å². The average Bonchev–Trinajstić information content (AvgIpc) is 2.81. The lowest BCUT2D eigenvalue weighted by atomic mass is 9.99. The quantitative estimate of drug-likeness (QED) is 0.340. The summed E-state index contributed by atoms with van der Waals surface area (Å²) in [5.41, 5.74) is 4.06. The number of nitrogens with two attached hydrogens (primary N) is 1. The number of hydrogen-bond donors (Lipinski definition) is 2. The summed E-state index contributed by atoms with van der Waals surface area (Å²) in [5, 5.41) is 2.56. The maximum absolute atomic E-state index is 15.2. The monoisotopic (exact) mass is 548 g/mol. The summed E-state index contributed by atoms with van der Waals surface area (Å²) in [6, 6.07) is 6.20. The van der Waals surface area contributed by atoms with Crippen molar-refractivity contribution in [2.24, 2.45) is 5.73 Å². The first kappa shape index (κ1) is 31.1. The molecule has 3 rings (SSSR count). The number of ether oxygens (including phenoxy) is 1. The normalized spacial score (nSPS) is 10.3. The smallest absolute Gasteiger partial charge is 0.258 e. The van der Waals surface area contributed by atoms with Crippen LogP contribution in [0, 0.1) is 23.3 Å². The minimum absolute atomic E-state index is 0. The van der Waals surface area contributed by atoms with Crippen LogP contribution in [0.2, 0.25) is 0 Å². The Labute approximate surface area is 218 Å². The number of hydrogen-bond acceptors (Lipinski definition) is 5. The molecule has 0 atom stereocenters. The summed E-state index contributed by atoms with van der Waals surface area (Å²) < 4.78 is 63.2. The highest BCUT2D eigenvalue weighted by atomic mass is 35.5. The standard InChI is InChI=1S/C24H24F4N4O2.2ClH/c1-34-13-12-32(11-3-9-29)20-8-10-30-14-19(20)31-24(33)15-6-7-18(27)22(23(15)28)21-16(25)4-2-5-17(21)26;;/h2,4-8,10,14H,3,9,11-13,29H2,1H3,(H,31,33);2*1H. The number of nitrogens with one attached hydrogen (secondary N) is 1. The largest absolute Gasteiger partial charge is 0.383 e. The van der Waals surface area contributed by atoms with Crippen LogP contribution in [0.4, 0.5) is 28.9 Å². The van der Waals surface area contributed by atoms with Gasteiger partial charge < -0.3 is 20.7 Å². The Morgan fingerprint density at radius 3 is 2.31 bits per heavy atom. The van der Waals surface area contributed by atoms with Crippen molar-refractivity contribution in [1.29, 1.82) is 0 Å². The number of rotatable bonds is 10. The van der Waals surface area contributed by atoms with Crippen LogP contribution in [0.15, 0.2) is 48.8 Å². The number of anilines is 2. The summed E-state index contributed by atoms with van der Waals surface area (Å²) in [7, 11) is 1.56. The Morgan fingerprint density at radius 2 is 1.67 bits per heavy atom. The molecule has 0 unspecified atom stereocenters. The van der Waals surface area contributed by atoms with Gasteiger partial charge in [0.25, 0.3) is 5.91 Å². The molecule has 6 nitrogen and oxygen atoms in total. The first-order valence-corrected chi connectivity index (χ1v) is 10.5. The van der Waals surface area contributed by atoms with Crippen LogP contribution in [-0.2, 0) is 4.74 Å². The topological polar surface area (TPSA) is 80.5 Å². The van der Waals surface area contributed by atoms with Crippen molar-refractivity contribution in [2.45, 2.75) is 6.42 Å². The third-order valence-electron chi connectivity index (χ3n) is 5.13. The molecule has 0 aliphatic heterocycles. The molecule has 3 aromatic rings. The Bertz CT molecular complexity index is 1140. The molecule has 0 saturated heterocycles. The number of pyridine rings is 1. The van der Waals surface area contributed by atoms with Crippen LogP contribution >= 0.6 is 24.8 Å². The van der Waals surface area contributed by atoms with E-state index in [2.05, 4.69) is 10.3 Å². The Hall–Kier alpha value is -2.92. The molecule has 0 radical (unpaired) electrons. The van der Waals surface area contributed by atoms with Gasteiger partial charge in [0.05, 0.1) is 40.9 Å². The van der Waals surface area contributed by atoms with Crippen molar-refractivity contribution in [3.05, 3.63) is 77.6 Å². The molecule has 36 heavy (non-hydrogen) atoms. The minimum atomic E-state index is -1.38. The van der Waals surface area contributed by atoms with Gasteiger partial charge in [-0.2, -0.15) is 0 Å². The van der Waals surface area contributed by atoms with Crippen molar-refractivity contribution in [3.8, 4) is 11.1 Å². The van der Waals surface area contributed by atoms with E-state index in [-0.39, 0.29) is 30.5 Å². The second-order valence-corrected chi connectivity index (χ2v) is 7.35. The van der Waals surface area contributed by atoms with Gasteiger partial charge in [-0.05, 0) is 43.3 Å². The Balaban J connectivity index is 0.00000324. The summed E-state index contributed by atoms with van der Waals surface area (Å²) in [5.74, 6) is -5.83. The van der Waals surface area contributed by atoms with Crippen molar-refractivity contribution in [3.63, 3.8) is 0 Å². The van der Waals surface area contributed by atoms with Gasteiger partial charge in [-0.1, -0.05) is 6.07 Å². The molecular formula is C24H26Cl2F4N4O2. The number of carbonyl (C=O) groups is 1. The summed E-state index contributed by atoms with van der Waals surface area (Å²) in [6.07, 6.45) is 3.59. The molecule has 1 amide bonds. The van der Waals surface area contributed by atoms with Crippen LogP contribution in [0.3, 0.4) is 0 Å². The predicted molar refractivity (Wildman–Crippen MR) is 136 cm³/mol. The molecule has 3 N–H and O–H groups in total. The van der Waals surface area contributed by atoms with Crippen LogP contribution in [0.25, 0.3) is 11.1 Å². The van der Waals surface area contributed by atoms with Crippen molar-refractivity contribution < 1.29 is 27.1 Å². The molecule has 2 aromatic carbocycles. The summed E-state index contributed by atoms with van der Waals surface area (Å²) >= 11 is 0. The van der Waals surface area contributed by atoms with E-state index in [0.29, 0.717) is 38.3 Å². The van der Waals surface area contributed by atoms with E-state index in [1.807, 2.05) is 4.90 Å². The molecule has 0 saturated carbocycles. The van der Waals surface area contributed by atoms with E-state index in [0.717, 1.165) is 30.3 Å². The van der Waals surface area contributed by atoms with E-state index in [1.54, 1.807) is 13.2 Å². The number of benzene rings is 2. The lowest BCUT2D eigenvalue weighted by Crippen LogP contribution is -2.30. The Kier molecular flexibility index (Phi) is 12.6. The molecule has 12 heteroatoms. The maximum Gasteiger partial charge on any atom is 0.258 e. The van der Waals surface area contributed by atoms with Gasteiger partial charge in [0, 0.05) is 26.4 Å². The SMILES string of the molecule is COCCN(CCCN)c1ccncc1NC(=O)c1ccc(F)c(-c2c(F)cccc2F)c1F.Cl.Cl. The number of halogens is 6. The number of amides is 1. The number of aromatic nitrogens is 1. The van der Waals surface area contributed by atoms with Gasteiger partial charge in [0.15, 0.2) is 0 Å². The molecule has 0 aliphatic rings. The van der Waals surface area contributed by atoms with E-state index >= 15 is 4.39 Å². The molecule has 1 heterocycles. The third-order valence-corrected chi connectivity index (χ3v) is 5.13. The molecule has 196 valence electrons. The van der Waals surface area contributed by atoms with Gasteiger partial charge in [-0.25, -0.2) is 17.6 Å². The zero-order chi connectivity index (χ0) is 24.7. The van der Waals surface area contributed by atoms with Crippen molar-refractivity contribution >= 4 is 42.1 Å². The van der Waals surface area contributed by atoms with E-state index in [4.69, 9.17) is 10.5 Å². The highest BCUT2D eigenvalue weighted by Crippen LogP contribution is 2.33. The maximum atomic E-state index is 15.2. The van der Waals surface area contributed by atoms with Gasteiger partial charge in [0.2, 0.25) is 0 Å². The zero-order valence-electron chi connectivity index (χ0n) is 19.3. The van der Waals surface area contributed by atoms with Crippen molar-refractivity contribution in [2.75, 3.05) is 43.6 Å². The highest BCUT2D eigenvalue weighted by molar-refractivity contribution is 6.06. The zero-order valence-corrected chi connectivity index (χ0v) is 20.9. The van der Waals surface area contributed by atoms with Gasteiger partial charge in [-0.15, -0.1) is 24.8 Å². The fourth-order valence-corrected chi connectivity index (χ4v) is 3.48. The predicted octanol–water partition coefficient (Wildman–Crippen LogP) is 5.20. The Morgan fingerprint density at radius 1 is 1.00 bits per heavy atom. The lowest BCUT2D eigenvalue weighted by Gasteiger charge is -2.26. The van der Waals surface area contributed by atoms with Gasteiger partial charge in [-0.3, -0.25) is 9.78 Å². The number of nitrogens with zero attached hydrogens (tertiary/aromatic N) is 2. The summed E-state index contributed by atoms with van der Waals surface area (Å²) in [6.45, 7) is 1.91. The van der Waals surface area contributed by atoms with Gasteiger partial charge >= 0.3 is 0 Å². The number of methoxy groups -OCH3 is 1. The molecule has 0 spiro atoms. The van der Waals surface area contributed by atoms with E-state index < -0.39 is 45.9 Å². The molecule has 0 bridgehead atoms. The molecule has 0 fully saturated rings. The molecule has 0 aliphatic carbocycles. The summed E-state index contributed by atoms with van der Waals surface area (Å²) in [4.78, 5) is 18.9. The minimum Gasteiger partial charge on any atom is -0.383 e. The van der Waals surface area contributed by atoms with Crippen molar-refractivity contribution in [1.82, 2.24) is 4.98 Å². The fraction of sp³-hybridized carbons (Fsp3) is 0.250. The molecule has 1 aromatic heterocycles. The van der Waals surface area contributed by atoms with Crippen LogP contribution in [0.1, 0.15) is 16.8 Å². The van der Waals surface area contributed by atoms with E-state index in [1.165, 1.54) is 12.4 Å². The second-order valence-electron chi connectivity index (χ2n) is 7.35. The van der Waals surface area contributed by atoms with Crippen LogP contribution in [-0.4, -0.2) is 44.2 Å². The first-order chi connectivity index (χ1) is 16.4. The first-order valence-electron chi connectivity index (χ1n) is 10.5.